The SMILES string of the molecule is COCCCc1ncc(CNCC(C)C)c(=O)[nH]1. The molecule has 0 fully saturated rings. The van der Waals surface area contributed by atoms with Gasteiger partial charge < -0.3 is 15.0 Å². The summed E-state index contributed by atoms with van der Waals surface area (Å²) in [4.78, 5) is 18.9. The zero-order valence-corrected chi connectivity index (χ0v) is 11.5. The van der Waals surface area contributed by atoms with E-state index in [9.17, 15) is 4.79 Å². The number of nitrogens with one attached hydrogen (secondary N) is 2. The number of H-pyrrole nitrogens is 1. The van der Waals surface area contributed by atoms with Gasteiger partial charge in [0.15, 0.2) is 0 Å². The van der Waals surface area contributed by atoms with E-state index in [1.54, 1.807) is 13.3 Å². The number of nitrogens with zero attached hydrogens (tertiary/aromatic N) is 1. The van der Waals surface area contributed by atoms with Crippen molar-refractivity contribution in [2.75, 3.05) is 20.3 Å². The van der Waals surface area contributed by atoms with Crippen molar-refractivity contribution in [2.24, 2.45) is 5.92 Å². The average molecular weight is 253 g/mol. The lowest BCUT2D eigenvalue weighted by Gasteiger charge is -2.07. The van der Waals surface area contributed by atoms with Crippen LogP contribution in [0.2, 0.25) is 0 Å². The van der Waals surface area contributed by atoms with Crippen LogP contribution in [0.4, 0.5) is 0 Å². The number of rotatable bonds is 8. The molecule has 1 aromatic heterocycles. The maximum atomic E-state index is 11.8. The number of aromatic amines is 1. The summed E-state index contributed by atoms with van der Waals surface area (Å²) in [5, 5.41) is 3.23. The Morgan fingerprint density at radius 2 is 2.28 bits per heavy atom. The van der Waals surface area contributed by atoms with E-state index in [1.807, 2.05) is 0 Å². The molecule has 0 aliphatic carbocycles. The smallest absolute Gasteiger partial charge is 0.255 e. The molecule has 0 amide bonds. The van der Waals surface area contributed by atoms with Gasteiger partial charge in [-0.1, -0.05) is 13.8 Å². The Hall–Kier alpha value is -1.20. The third kappa shape index (κ3) is 5.42. The van der Waals surface area contributed by atoms with Gasteiger partial charge in [-0.2, -0.15) is 0 Å². The van der Waals surface area contributed by atoms with Gasteiger partial charge in [-0.3, -0.25) is 4.79 Å². The largest absolute Gasteiger partial charge is 0.385 e. The molecule has 0 saturated carbocycles. The highest BCUT2D eigenvalue weighted by Crippen LogP contribution is 1.96. The Morgan fingerprint density at radius 3 is 2.89 bits per heavy atom. The number of aromatic nitrogens is 2. The molecule has 2 N–H and O–H groups in total. The van der Waals surface area contributed by atoms with E-state index >= 15 is 0 Å². The lowest BCUT2D eigenvalue weighted by molar-refractivity contribution is 0.194. The second-order valence-corrected chi connectivity index (χ2v) is 4.81. The molecular weight excluding hydrogens is 230 g/mol. The van der Waals surface area contributed by atoms with Crippen LogP contribution in [-0.2, 0) is 17.7 Å². The maximum Gasteiger partial charge on any atom is 0.255 e. The Kier molecular flexibility index (Phi) is 6.60. The van der Waals surface area contributed by atoms with E-state index in [0.29, 0.717) is 24.6 Å². The topological polar surface area (TPSA) is 67.0 Å². The molecule has 102 valence electrons. The van der Waals surface area contributed by atoms with Crippen LogP contribution >= 0.6 is 0 Å². The van der Waals surface area contributed by atoms with E-state index in [-0.39, 0.29) is 5.56 Å². The van der Waals surface area contributed by atoms with Crippen molar-refractivity contribution in [3.63, 3.8) is 0 Å². The number of methoxy groups -OCH3 is 1. The van der Waals surface area contributed by atoms with Gasteiger partial charge in [-0.15, -0.1) is 0 Å². The number of aryl methyl sites for hydroxylation is 1. The summed E-state index contributed by atoms with van der Waals surface area (Å²) >= 11 is 0. The molecule has 0 spiro atoms. The van der Waals surface area contributed by atoms with Crippen LogP contribution in [-0.4, -0.2) is 30.2 Å². The molecule has 0 bridgehead atoms. The molecule has 1 rings (SSSR count). The highest BCUT2D eigenvalue weighted by molar-refractivity contribution is 5.05. The van der Waals surface area contributed by atoms with Gasteiger partial charge in [0.25, 0.3) is 5.56 Å². The lowest BCUT2D eigenvalue weighted by atomic mass is 10.2. The average Bonchev–Trinajstić information content (AvgIpc) is 2.32. The van der Waals surface area contributed by atoms with Crippen LogP contribution in [0.1, 0.15) is 31.7 Å². The van der Waals surface area contributed by atoms with Gasteiger partial charge in [0.05, 0.1) is 0 Å². The molecule has 0 aliphatic rings. The third-order valence-electron chi connectivity index (χ3n) is 2.56. The normalized spacial score (nSPS) is 11.1. The van der Waals surface area contributed by atoms with E-state index in [1.165, 1.54) is 0 Å². The summed E-state index contributed by atoms with van der Waals surface area (Å²) in [5.41, 5.74) is 0.639. The van der Waals surface area contributed by atoms with Crippen molar-refractivity contribution < 1.29 is 4.74 Å². The van der Waals surface area contributed by atoms with Crippen LogP contribution in [0, 0.1) is 5.92 Å². The maximum absolute atomic E-state index is 11.8. The van der Waals surface area contributed by atoms with Crippen LogP contribution in [0.3, 0.4) is 0 Å². The summed E-state index contributed by atoms with van der Waals surface area (Å²) in [5.74, 6) is 1.30. The zero-order chi connectivity index (χ0) is 13.4. The summed E-state index contributed by atoms with van der Waals surface area (Å²) in [6.07, 6.45) is 3.27. The molecule has 0 aromatic carbocycles. The highest BCUT2D eigenvalue weighted by atomic mass is 16.5. The van der Waals surface area contributed by atoms with Crippen molar-refractivity contribution in [1.29, 1.82) is 0 Å². The van der Waals surface area contributed by atoms with Gasteiger partial charge in [0.1, 0.15) is 5.82 Å². The van der Waals surface area contributed by atoms with Crippen molar-refractivity contribution in [3.05, 3.63) is 27.9 Å². The molecule has 5 heteroatoms. The lowest BCUT2D eigenvalue weighted by Crippen LogP contribution is -2.25. The number of ether oxygens (including phenoxy) is 1. The fraction of sp³-hybridized carbons (Fsp3) is 0.692. The summed E-state index contributed by atoms with van der Waals surface area (Å²) in [6, 6.07) is 0. The summed E-state index contributed by atoms with van der Waals surface area (Å²) in [6.45, 7) is 6.41. The second kappa shape index (κ2) is 8.00. The van der Waals surface area contributed by atoms with Crippen LogP contribution in [0.25, 0.3) is 0 Å². The van der Waals surface area contributed by atoms with Crippen LogP contribution in [0.5, 0.6) is 0 Å². The first-order chi connectivity index (χ1) is 8.63. The number of hydrogen-bond acceptors (Lipinski definition) is 4. The standard InChI is InChI=1S/C13H23N3O2/c1-10(2)7-14-8-11-9-15-12(16-13(11)17)5-4-6-18-3/h9-10,14H,4-8H2,1-3H3,(H,15,16,17). The van der Waals surface area contributed by atoms with E-state index < -0.39 is 0 Å². The fourth-order valence-corrected chi connectivity index (χ4v) is 1.59. The summed E-state index contributed by atoms with van der Waals surface area (Å²) in [7, 11) is 1.67. The molecule has 0 aliphatic heterocycles. The van der Waals surface area contributed by atoms with Crippen molar-refractivity contribution >= 4 is 0 Å². The van der Waals surface area contributed by atoms with Crippen molar-refractivity contribution in [2.45, 2.75) is 33.2 Å². The first-order valence-corrected chi connectivity index (χ1v) is 6.40. The number of hydrogen-bond donors (Lipinski definition) is 2. The summed E-state index contributed by atoms with van der Waals surface area (Å²) < 4.78 is 4.96. The Morgan fingerprint density at radius 1 is 1.50 bits per heavy atom. The predicted octanol–water partition coefficient (Wildman–Crippen LogP) is 1.09. The quantitative estimate of drug-likeness (QED) is 0.681. The molecular formula is C13H23N3O2. The minimum absolute atomic E-state index is 0.0475. The highest BCUT2D eigenvalue weighted by Gasteiger charge is 2.03. The Labute approximate surface area is 108 Å². The third-order valence-corrected chi connectivity index (χ3v) is 2.56. The first-order valence-electron chi connectivity index (χ1n) is 6.40. The van der Waals surface area contributed by atoms with Crippen molar-refractivity contribution in [1.82, 2.24) is 15.3 Å². The van der Waals surface area contributed by atoms with Gasteiger partial charge in [0.2, 0.25) is 0 Å². The molecule has 1 aromatic rings. The Bertz CT molecular complexity index is 401. The monoisotopic (exact) mass is 253 g/mol. The van der Waals surface area contributed by atoms with Crippen molar-refractivity contribution in [3.8, 4) is 0 Å². The van der Waals surface area contributed by atoms with E-state index in [0.717, 1.165) is 25.2 Å². The van der Waals surface area contributed by atoms with E-state index in [4.69, 9.17) is 4.74 Å². The van der Waals surface area contributed by atoms with E-state index in [2.05, 4.69) is 29.1 Å². The van der Waals surface area contributed by atoms with Gasteiger partial charge >= 0.3 is 0 Å². The first kappa shape index (κ1) is 14.9. The predicted molar refractivity (Wildman–Crippen MR) is 71.6 cm³/mol. The minimum Gasteiger partial charge on any atom is -0.385 e. The molecule has 0 saturated heterocycles. The Balaban J connectivity index is 2.49. The molecule has 0 unspecified atom stereocenters. The van der Waals surface area contributed by atoms with Crippen LogP contribution in [0.15, 0.2) is 11.0 Å². The molecule has 18 heavy (non-hydrogen) atoms. The van der Waals surface area contributed by atoms with Crippen LogP contribution < -0.4 is 10.9 Å². The molecule has 5 nitrogen and oxygen atoms in total. The fourth-order valence-electron chi connectivity index (χ4n) is 1.59. The minimum atomic E-state index is -0.0475. The zero-order valence-electron chi connectivity index (χ0n) is 11.5. The molecule has 0 radical (unpaired) electrons. The van der Waals surface area contributed by atoms with Gasteiger partial charge in [-0.25, -0.2) is 4.98 Å². The van der Waals surface area contributed by atoms with Gasteiger partial charge in [-0.05, 0) is 18.9 Å². The molecule has 0 atom stereocenters. The molecule has 1 heterocycles. The van der Waals surface area contributed by atoms with Gasteiger partial charge in [0, 0.05) is 38.4 Å². The second-order valence-electron chi connectivity index (χ2n) is 4.81.